The first-order valence-electron chi connectivity index (χ1n) is 3.92. The van der Waals surface area contributed by atoms with Crippen molar-refractivity contribution < 1.29 is 9.18 Å². The van der Waals surface area contributed by atoms with Crippen LogP contribution in [0.4, 0.5) is 4.39 Å². The van der Waals surface area contributed by atoms with E-state index in [9.17, 15) is 9.18 Å². The predicted molar refractivity (Wildman–Crippen MR) is 50.8 cm³/mol. The Balaban J connectivity index is 3.02. The van der Waals surface area contributed by atoms with Crippen molar-refractivity contribution in [3.05, 3.63) is 34.9 Å². The molecule has 72 valence electrons. The number of carbonyl (C=O) groups is 1. The summed E-state index contributed by atoms with van der Waals surface area (Å²) in [5.74, 6) is -1.80. The summed E-state index contributed by atoms with van der Waals surface area (Å²) in [7, 11) is 0. The Bertz CT molecular complexity index is 386. The van der Waals surface area contributed by atoms with Gasteiger partial charge in [0.1, 0.15) is 12.6 Å². The number of carbonyl (C=O) groups excluding carboxylic acids is 1. The Kier molecular flexibility index (Phi) is 3.61. The highest BCUT2D eigenvalue weighted by molar-refractivity contribution is 6.30. The molecule has 1 aromatic carbocycles. The summed E-state index contributed by atoms with van der Waals surface area (Å²) in [4.78, 5) is 11.0. The van der Waals surface area contributed by atoms with Gasteiger partial charge in [0.05, 0.1) is 6.07 Å². The van der Waals surface area contributed by atoms with Gasteiger partial charge in [0, 0.05) is 5.02 Å². The summed E-state index contributed by atoms with van der Waals surface area (Å²) < 4.78 is 12.1. The first-order chi connectivity index (χ1) is 6.69. The van der Waals surface area contributed by atoms with Gasteiger partial charge < -0.3 is 0 Å². The first kappa shape index (κ1) is 10.7. The largest absolute Gasteiger partial charge is 0.295 e. The number of nitrogens with zero attached hydrogens (tertiary/aromatic N) is 1. The van der Waals surface area contributed by atoms with E-state index >= 15 is 0 Å². The molecule has 0 amide bonds. The molecule has 0 aliphatic rings. The van der Waals surface area contributed by atoms with Gasteiger partial charge >= 0.3 is 0 Å². The Morgan fingerprint density at radius 1 is 1.64 bits per heavy atom. The molecule has 1 rings (SSSR count). The molecule has 2 nitrogen and oxygen atoms in total. The number of rotatable bonds is 3. The van der Waals surface area contributed by atoms with Crippen LogP contribution in [-0.2, 0) is 4.79 Å². The SMILES string of the molecule is N#CC(C(=O)CF)c1cccc(Cl)c1. The number of alkyl halides is 1. The van der Waals surface area contributed by atoms with E-state index in [0.717, 1.165) is 0 Å². The van der Waals surface area contributed by atoms with Crippen LogP contribution >= 0.6 is 11.6 Å². The predicted octanol–water partition coefficient (Wildman–Crippen LogP) is 2.49. The van der Waals surface area contributed by atoms with Crippen LogP contribution in [0.2, 0.25) is 5.02 Å². The number of hydrogen-bond donors (Lipinski definition) is 0. The van der Waals surface area contributed by atoms with E-state index in [1.54, 1.807) is 24.3 Å². The van der Waals surface area contributed by atoms with Crippen LogP contribution in [0, 0.1) is 11.3 Å². The third kappa shape index (κ3) is 2.30. The molecule has 0 aliphatic carbocycles. The average Bonchev–Trinajstić information content (AvgIpc) is 2.19. The second kappa shape index (κ2) is 4.73. The molecule has 0 radical (unpaired) electrons. The van der Waals surface area contributed by atoms with Crippen LogP contribution in [0.25, 0.3) is 0 Å². The third-order valence-electron chi connectivity index (χ3n) is 1.76. The van der Waals surface area contributed by atoms with Crippen molar-refractivity contribution in [2.24, 2.45) is 0 Å². The lowest BCUT2D eigenvalue weighted by atomic mass is 9.97. The van der Waals surface area contributed by atoms with E-state index < -0.39 is 18.4 Å². The first-order valence-corrected chi connectivity index (χ1v) is 4.30. The van der Waals surface area contributed by atoms with Gasteiger partial charge in [0.2, 0.25) is 0 Å². The average molecular weight is 212 g/mol. The summed E-state index contributed by atoms with van der Waals surface area (Å²) in [6.07, 6.45) is 0. The summed E-state index contributed by atoms with van der Waals surface area (Å²) in [5.41, 5.74) is 0.433. The molecule has 14 heavy (non-hydrogen) atoms. The highest BCUT2D eigenvalue weighted by Gasteiger charge is 2.19. The Morgan fingerprint density at radius 3 is 2.86 bits per heavy atom. The van der Waals surface area contributed by atoms with Crippen molar-refractivity contribution >= 4 is 17.4 Å². The molecule has 0 fully saturated rings. The second-order valence-corrected chi connectivity index (χ2v) is 3.15. The van der Waals surface area contributed by atoms with Gasteiger partial charge in [-0.2, -0.15) is 5.26 Å². The minimum Gasteiger partial charge on any atom is -0.295 e. The van der Waals surface area contributed by atoms with E-state index in [0.29, 0.717) is 10.6 Å². The van der Waals surface area contributed by atoms with Gasteiger partial charge in [0.25, 0.3) is 0 Å². The maximum atomic E-state index is 12.1. The topological polar surface area (TPSA) is 40.9 Å². The lowest BCUT2D eigenvalue weighted by Gasteiger charge is -2.05. The smallest absolute Gasteiger partial charge is 0.185 e. The molecular formula is C10H7ClFNO. The quantitative estimate of drug-likeness (QED) is 0.771. The highest BCUT2D eigenvalue weighted by atomic mass is 35.5. The Morgan fingerprint density at radius 2 is 2.36 bits per heavy atom. The van der Waals surface area contributed by atoms with Crippen molar-refractivity contribution in [1.29, 1.82) is 5.26 Å². The lowest BCUT2D eigenvalue weighted by molar-refractivity contribution is -0.120. The maximum Gasteiger partial charge on any atom is 0.185 e. The van der Waals surface area contributed by atoms with Crippen molar-refractivity contribution in [2.75, 3.05) is 6.67 Å². The van der Waals surface area contributed by atoms with Crippen molar-refractivity contribution in [2.45, 2.75) is 5.92 Å². The van der Waals surface area contributed by atoms with Crippen LogP contribution in [0.3, 0.4) is 0 Å². The molecule has 0 bridgehead atoms. The molecule has 0 spiro atoms. The summed E-state index contributed by atoms with van der Waals surface area (Å²) >= 11 is 5.68. The van der Waals surface area contributed by atoms with Crippen LogP contribution < -0.4 is 0 Å². The van der Waals surface area contributed by atoms with Crippen LogP contribution in [-0.4, -0.2) is 12.5 Å². The Labute approximate surface area is 85.9 Å². The van der Waals surface area contributed by atoms with E-state index in [2.05, 4.69) is 0 Å². The molecule has 1 atom stereocenters. The molecular weight excluding hydrogens is 205 g/mol. The zero-order chi connectivity index (χ0) is 10.6. The van der Waals surface area contributed by atoms with E-state index in [1.807, 2.05) is 0 Å². The standard InChI is InChI=1S/C10H7ClFNO/c11-8-3-1-2-7(4-8)9(6-13)10(14)5-12/h1-4,9H,5H2. The van der Waals surface area contributed by atoms with Crippen molar-refractivity contribution in [3.8, 4) is 6.07 Å². The fourth-order valence-electron chi connectivity index (χ4n) is 1.10. The zero-order valence-corrected chi connectivity index (χ0v) is 7.96. The number of nitriles is 1. The van der Waals surface area contributed by atoms with Crippen molar-refractivity contribution in [3.63, 3.8) is 0 Å². The molecule has 0 aromatic heterocycles. The van der Waals surface area contributed by atoms with Crippen LogP contribution in [0.1, 0.15) is 11.5 Å². The monoisotopic (exact) mass is 211 g/mol. The fraction of sp³-hybridized carbons (Fsp3) is 0.200. The van der Waals surface area contributed by atoms with E-state index in [1.165, 1.54) is 6.07 Å². The van der Waals surface area contributed by atoms with E-state index in [4.69, 9.17) is 16.9 Å². The van der Waals surface area contributed by atoms with Crippen molar-refractivity contribution in [1.82, 2.24) is 0 Å². The normalized spacial score (nSPS) is 11.8. The highest BCUT2D eigenvalue weighted by Crippen LogP contribution is 2.20. The zero-order valence-electron chi connectivity index (χ0n) is 7.21. The molecule has 4 heteroatoms. The van der Waals surface area contributed by atoms with Crippen LogP contribution in [0.5, 0.6) is 0 Å². The molecule has 0 saturated heterocycles. The summed E-state index contributed by atoms with van der Waals surface area (Å²) in [6, 6.07) is 8.06. The van der Waals surface area contributed by atoms with Gasteiger partial charge in [-0.25, -0.2) is 4.39 Å². The number of halogens is 2. The Hall–Kier alpha value is -1.40. The third-order valence-corrected chi connectivity index (χ3v) is 2.00. The van der Waals surface area contributed by atoms with Gasteiger partial charge in [-0.15, -0.1) is 0 Å². The minimum atomic E-state index is -1.13. The molecule has 0 saturated carbocycles. The van der Waals surface area contributed by atoms with Crippen LogP contribution in [0.15, 0.2) is 24.3 Å². The number of hydrogen-bond acceptors (Lipinski definition) is 2. The number of benzene rings is 1. The van der Waals surface area contributed by atoms with Gasteiger partial charge in [-0.3, -0.25) is 4.79 Å². The minimum absolute atomic E-state index is 0.425. The van der Waals surface area contributed by atoms with E-state index in [-0.39, 0.29) is 0 Å². The molecule has 0 N–H and O–H groups in total. The maximum absolute atomic E-state index is 12.1. The molecule has 0 aliphatic heterocycles. The van der Waals surface area contributed by atoms with Gasteiger partial charge in [0.15, 0.2) is 5.78 Å². The van der Waals surface area contributed by atoms with Gasteiger partial charge in [-0.05, 0) is 17.7 Å². The molecule has 0 heterocycles. The fourth-order valence-corrected chi connectivity index (χ4v) is 1.29. The molecule has 1 unspecified atom stereocenters. The summed E-state index contributed by atoms with van der Waals surface area (Å²) in [6.45, 7) is -1.13. The van der Waals surface area contributed by atoms with Gasteiger partial charge in [-0.1, -0.05) is 23.7 Å². The summed E-state index contributed by atoms with van der Waals surface area (Å²) in [5, 5.41) is 9.12. The second-order valence-electron chi connectivity index (χ2n) is 2.72. The lowest BCUT2D eigenvalue weighted by Crippen LogP contribution is -2.12. The number of Topliss-reactive ketones (excluding diaryl/α,β-unsaturated/α-hetero) is 1. The molecule has 1 aromatic rings. The number of ketones is 1.